The third kappa shape index (κ3) is 2.39. The molecular formula is C12H11ClO2. The molecule has 1 heterocycles. The molecule has 0 saturated carbocycles. The summed E-state index contributed by atoms with van der Waals surface area (Å²) in [5.74, 6) is 0.0113. The number of ether oxygens (including phenoxy) is 1. The molecule has 0 amide bonds. The van der Waals surface area contributed by atoms with Gasteiger partial charge in [0.25, 0.3) is 0 Å². The maximum absolute atomic E-state index is 11.9. The van der Waals surface area contributed by atoms with E-state index in [1.165, 1.54) is 0 Å². The van der Waals surface area contributed by atoms with E-state index in [0.717, 1.165) is 18.4 Å². The van der Waals surface area contributed by atoms with Crippen molar-refractivity contribution in [3.05, 3.63) is 46.7 Å². The van der Waals surface area contributed by atoms with Crippen molar-refractivity contribution in [2.24, 2.45) is 0 Å². The fraction of sp³-hybridized carbons (Fsp3) is 0.250. The molecule has 78 valence electrons. The number of rotatable bonds is 2. The third-order valence-corrected chi connectivity index (χ3v) is 2.55. The van der Waals surface area contributed by atoms with E-state index in [9.17, 15) is 4.79 Å². The summed E-state index contributed by atoms with van der Waals surface area (Å²) in [5, 5.41) is 0.582. The summed E-state index contributed by atoms with van der Waals surface area (Å²) in [6.45, 7) is 0.701. The van der Waals surface area contributed by atoms with Gasteiger partial charge in [-0.25, -0.2) is 0 Å². The van der Waals surface area contributed by atoms with Gasteiger partial charge in [0, 0.05) is 16.2 Å². The van der Waals surface area contributed by atoms with Gasteiger partial charge in [0.15, 0.2) is 5.78 Å². The number of allylic oxidation sites excluding steroid dienone is 1. The van der Waals surface area contributed by atoms with Crippen molar-refractivity contribution < 1.29 is 9.53 Å². The average molecular weight is 223 g/mol. The number of ketones is 1. The summed E-state index contributed by atoms with van der Waals surface area (Å²) in [4.78, 5) is 11.9. The summed E-state index contributed by atoms with van der Waals surface area (Å²) in [5.41, 5.74) is 1.35. The Balaban J connectivity index is 2.24. The minimum absolute atomic E-state index is 0.0113. The van der Waals surface area contributed by atoms with E-state index in [1.54, 1.807) is 30.5 Å². The topological polar surface area (TPSA) is 26.3 Å². The van der Waals surface area contributed by atoms with E-state index in [-0.39, 0.29) is 5.78 Å². The quantitative estimate of drug-likeness (QED) is 0.719. The molecule has 0 unspecified atom stereocenters. The second kappa shape index (κ2) is 4.49. The molecule has 0 atom stereocenters. The van der Waals surface area contributed by atoms with E-state index >= 15 is 0 Å². The Morgan fingerprint density at radius 1 is 1.40 bits per heavy atom. The van der Waals surface area contributed by atoms with Gasteiger partial charge in [0.05, 0.1) is 12.9 Å². The Morgan fingerprint density at radius 3 is 2.93 bits per heavy atom. The van der Waals surface area contributed by atoms with Gasteiger partial charge in [-0.15, -0.1) is 0 Å². The number of halogens is 1. The number of carbonyl (C=O) groups is 1. The first-order valence-corrected chi connectivity index (χ1v) is 5.26. The maximum atomic E-state index is 11.9. The molecule has 1 aromatic carbocycles. The second-order valence-electron chi connectivity index (χ2n) is 3.46. The van der Waals surface area contributed by atoms with Gasteiger partial charge in [-0.2, -0.15) is 0 Å². The monoisotopic (exact) mass is 222 g/mol. The van der Waals surface area contributed by atoms with Crippen LogP contribution >= 0.6 is 11.6 Å². The number of benzene rings is 1. The lowest BCUT2D eigenvalue weighted by Crippen LogP contribution is -2.09. The van der Waals surface area contributed by atoms with E-state index in [4.69, 9.17) is 16.3 Å². The second-order valence-corrected chi connectivity index (χ2v) is 3.89. The Morgan fingerprint density at radius 2 is 2.27 bits per heavy atom. The highest BCUT2D eigenvalue weighted by Gasteiger charge is 2.15. The molecule has 15 heavy (non-hydrogen) atoms. The summed E-state index contributed by atoms with van der Waals surface area (Å²) < 4.78 is 5.14. The van der Waals surface area contributed by atoms with Gasteiger partial charge in [-0.3, -0.25) is 4.79 Å². The van der Waals surface area contributed by atoms with Gasteiger partial charge in [0.2, 0.25) is 0 Å². The van der Waals surface area contributed by atoms with Crippen molar-refractivity contribution in [1.29, 1.82) is 0 Å². The van der Waals surface area contributed by atoms with Crippen LogP contribution in [0.5, 0.6) is 0 Å². The molecule has 0 aliphatic carbocycles. The standard InChI is InChI=1S/C12H11ClO2/c13-11-5-1-3-9(7-11)12(14)10-4-2-6-15-8-10/h1,3,5,7-8H,2,4,6H2. The lowest BCUT2D eigenvalue weighted by atomic mass is 10.00. The van der Waals surface area contributed by atoms with Gasteiger partial charge in [-0.1, -0.05) is 23.7 Å². The van der Waals surface area contributed by atoms with Crippen LogP contribution in [0.25, 0.3) is 0 Å². The van der Waals surface area contributed by atoms with E-state index in [1.807, 2.05) is 0 Å². The molecule has 0 saturated heterocycles. The highest BCUT2D eigenvalue weighted by molar-refractivity contribution is 6.31. The van der Waals surface area contributed by atoms with Crippen LogP contribution in [0, 0.1) is 0 Å². The zero-order valence-corrected chi connectivity index (χ0v) is 8.96. The molecule has 1 aliphatic heterocycles. The van der Waals surface area contributed by atoms with Gasteiger partial charge in [0.1, 0.15) is 0 Å². The number of carbonyl (C=O) groups excluding carboxylic acids is 1. The lowest BCUT2D eigenvalue weighted by molar-refractivity contribution is 0.101. The molecule has 0 spiro atoms. The van der Waals surface area contributed by atoms with Crippen LogP contribution in [-0.4, -0.2) is 12.4 Å². The van der Waals surface area contributed by atoms with Gasteiger partial charge >= 0.3 is 0 Å². The maximum Gasteiger partial charge on any atom is 0.192 e. The van der Waals surface area contributed by atoms with Crippen LogP contribution in [-0.2, 0) is 4.74 Å². The highest BCUT2D eigenvalue weighted by atomic mass is 35.5. The Labute approximate surface area is 93.5 Å². The zero-order chi connectivity index (χ0) is 10.7. The summed E-state index contributed by atoms with van der Waals surface area (Å²) in [6.07, 6.45) is 3.25. The Kier molecular flexibility index (Phi) is 3.07. The lowest BCUT2D eigenvalue weighted by Gasteiger charge is -2.12. The fourth-order valence-electron chi connectivity index (χ4n) is 1.55. The molecule has 0 N–H and O–H groups in total. The molecule has 0 radical (unpaired) electrons. The summed E-state index contributed by atoms with van der Waals surface area (Å²) >= 11 is 5.82. The fourth-order valence-corrected chi connectivity index (χ4v) is 1.74. The van der Waals surface area contributed by atoms with E-state index < -0.39 is 0 Å². The molecular weight excluding hydrogens is 212 g/mol. The van der Waals surface area contributed by atoms with Crippen LogP contribution in [0.1, 0.15) is 23.2 Å². The largest absolute Gasteiger partial charge is 0.501 e. The SMILES string of the molecule is O=C(C1=COCCC1)c1cccc(Cl)c1. The zero-order valence-electron chi connectivity index (χ0n) is 8.20. The first-order chi connectivity index (χ1) is 7.27. The first kappa shape index (κ1) is 10.2. The Bertz CT molecular complexity index is 410. The highest BCUT2D eigenvalue weighted by Crippen LogP contribution is 2.19. The first-order valence-electron chi connectivity index (χ1n) is 4.88. The molecule has 0 aromatic heterocycles. The van der Waals surface area contributed by atoms with Crippen LogP contribution < -0.4 is 0 Å². The molecule has 0 bridgehead atoms. The van der Waals surface area contributed by atoms with Crippen LogP contribution in [0.4, 0.5) is 0 Å². The number of Topliss-reactive ketones (excluding diaryl/α,β-unsaturated/α-hetero) is 1. The van der Waals surface area contributed by atoms with Crippen molar-refractivity contribution in [3.8, 4) is 0 Å². The molecule has 2 nitrogen and oxygen atoms in total. The van der Waals surface area contributed by atoms with Crippen molar-refractivity contribution in [1.82, 2.24) is 0 Å². The van der Waals surface area contributed by atoms with Crippen molar-refractivity contribution in [3.63, 3.8) is 0 Å². The number of hydrogen-bond acceptors (Lipinski definition) is 2. The van der Waals surface area contributed by atoms with E-state index in [2.05, 4.69) is 0 Å². The van der Waals surface area contributed by atoms with Gasteiger partial charge in [-0.05, 0) is 25.0 Å². The van der Waals surface area contributed by atoms with Crippen molar-refractivity contribution in [2.45, 2.75) is 12.8 Å². The molecule has 3 heteroatoms. The minimum Gasteiger partial charge on any atom is -0.501 e. The molecule has 2 rings (SSSR count). The molecule has 1 aromatic rings. The molecule has 1 aliphatic rings. The normalized spacial score (nSPS) is 15.4. The summed E-state index contributed by atoms with van der Waals surface area (Å²) in [6, 6.07) is 6.98. The summed E-state index contributed by atoms with van der Waals surface area (Å²) in [7, 11) is 0. The minimum atomic E-state index is 0.0113. The van der Waals surface area contributed by atoms with Crippen LogP contribution in [0.3, 0.4) is 0 Å². The van der Waals surface area contributed by atoms with Crippen molar-refractivity contribution >= 4 is 17.4 Å². The molecule has 0 fully saturated rings. The number of hydrogen-bond donors (Lipinski definition) is 0. The smallest absolute Gasteiger partial charge is 0.192 e. The predicted octanol–water partition coefficient (Wildman–Crippen LogP) is 3.22. The van der Waals surface area contributed by atoms with E-state index in [0.29, 0.717) is 17.2 Å². The Hall–Kier alpha value is -1.28. The van der Waals surface area contributed by atoms with Crippen molar-refractivity contribution in [2.75, 3.05) is 6.61 Å². The van der Waals surface area contributed by atoms with Gasteiger partial charge < -0.3 is 4.74 Å². The predicted molar refractivity (Wildman–Crippen MR) is 59.1 cm³/mol. The van der Waals surface area contributed by atoms with Crippen LogP contribution in [0.2, 0.25) is 5.02 Å². The average Bonchev–Trinajstić information content (AvgIpc) is 2.29. The third-order valence-electron chi connectivity index (χ3n) is 2.31. The van der Waals surface area contributed by atoms with Crippen LogP contribution in [0.15, 0.2) is 36.1 Å².